The van der Waals surface area contributed by atoms with Gasteiger partial charge in [-0.15, -0.1) is 0 Å². The zero-order valence-electron chi connectivity index (χ0n) is 20.0. The Labute approximate surface area is 195 Å². The van der Waals surface area contributed by atoms with Crippen molar-refractivity contribution in [1.82, 2.24) is 19.9 Å². The zero-order chi connectivity index (χ0) is 23.6. The van der Waals surface area contributed by atoms with Crippen LogP contribution in [-0.4, -0.2) is 58.2 Å². The van der Waals surface area contributed by atoms with E-state index < -0.39 is 6.09 Å². The van der Waals surface area contributed by atoms with Crippen LogP contribution in [-0.2, 0) is 4.74 Å². The number of nitrogens with zero attached hydrogens (tertiary/aromatic N) is 4. The van der Waals surface area contributed by atoms with Crippen molar-refractivity contribution >= 4 is 28.8 Å². The van der Waals surface area contributed by atoms with Crippen LogP contribution in [0, 0.1) is 0 Å². The molecule has 1 atom stereocenters. The smallest absolute Gasteiger partial charge is 0.412 e. The lowest BCUT2D eigenvalue weighted by Gasteiger charge is -2.21. The molecular weight excluding hydrogens is 416 g/mol. The van der Waals surface area contributed by atoms with Crippen molar-refractivity contribution in [2.24, 2.45) is 0 Å². The predicted molar refractivity (Wildman–Crippen MR) is 134 cm³/mol. The molecule has 0 saturated carbocycles. The van der Waals surface area contributed by atoms with Gasteiger partial charge in [-0.1, -0.05) is 44.2 Å². The first-order valence-corrected chi connectivity index (χ1v) is 11.7. The summed E-state index contributed by atoms with van der Waals surface area (Å²) in [4.78, 5) is 28.3. The number of hydrogen-bond acceptors (Lipinski definition) is 7. The molecule has 0 aliphatic carbocycles. The number of ether oxygens (including phenoxy) is 1. The van der Waals surface area contributed by atoms with Crippen molar-refractivity contribution in [3.8, 4) is 11.3 Å². The Morgan fingerprint density at radius 3 is 2.58 bits per heavy atom. The van der Waals surface area contributed by atoms with Gasteiger partial charge >= 0.3 is 6.09 Å². The first kappa shape index (κ1) is 24.4. The molecule has 8 heteroatoms. The largest absolute Gasteiger partial charge is 0.450 e. The fraction of sp³-hybridized carbons (Fsp3) is 0.440. The molecule has 2 N–H and O–H groups in total. The van der Waals surface area contributed by atoms with E-state index in [-0.39, 0.29) is 12.6 Å². The molecule has 0 fully saturated rings. The van der Waals surface area contributed by atoms with Crippen molar-refractivity contribution in [2.45, 2.75) is 46.6 Å². The first-order chi connectivity index (χ1) is 16.0. The maximum absolute atomic E-state index is 12.0. The summed E-state index contributed by atoms with van der Waals surface area (Å²) >= 11 is 0. The number of benzene rings is 1. The molecule has 0 radical (unpaired) electrons. The molecule has 0 unspecified atom stereocenters. The van der Waals surface area contributed by atoms with Crippen molar-refractivity contribution < 1.29 is 9.53 Å². The monoisotopic (exact) mass is 450 g/mol. The summed E-state index contributed by atoms with van der Waals surface area (Å²) < 4.78 is 5.02. The number of aromatic nitrogens is 3. The topological polar surface area (TPSA) is 92.3 Å². The molecule has 0 aliphatic rings. The number of nitrogens with one attached hydrogen (secondary N) is 2. The average molecular weight is 451 g/mol. The summed E-state index contributed by atoms with van der Waals surface area (Å²) in [6.07, 6.45) is 3.32. The second kappa shape index (κ2) is 12.1. The van der Waals surface area contributed by atoms with E-state index in [2.05, 4.69) is 46.3 Å². The van der Waals surface area contributed by atoms with Gasteiger partial charge in [0.15, 0.2) is 5.65 Å². The number of rotatable bonds is 11. The van der Waals surface area contributed by atoms with Gasteiger partial charge in [0.2, 0.25) is 0 Å². The van der Waals surface area contributed by atoms with Gasteiger partial charge in [-0.3, -0.25) is 5.32 Å². The van der Waals surface area contributed by atoms with Crippen LogP contribution < -0.4 is 10.6 Å². The van der Waals surface area contributed by atoms with Crippen LogP contribution in [0.5, 0.6) is 0 Å². The second-order valence-corrected chi connectivity index (χ2v) is 7.91. The molecule has 2 aromatic heterocycles. The van der Waals surface area contributed by atoms with Crippen molar-refractivity contribution in [2.75, 3.05) is 36.9 Å². The van der Waals surface area contributed by atoms with Gasteiger partial charge in [0.25, 0.3) is 0 Å². The van der Waals surface area contributed by atoms with E-state index in [0.717, 1.165) is 49.4 Å². The van der Waals surface area contributed by atoms with E-state index in [0.29, 0.717) is 17.0 Å². The molecule has 3 aromatic rings. The van der Waals surface area contributed by atoms with Gasteiger partial charge in [0.05, 0.1) is 24.2 Å². The lowest BCUT2D eigenvalue weighted by Crippen LogP contribution is -2.25. The summed E-state index contributed by atoms with van der Waals surface area (Å²) in [6, 6.07) is 11.8. The summed E-state index contributed by atoms with van der Waals surface area (Å²) in [5.41, 5.74) is 3.59. The zero-order valence-corrected chi connectivity index (χ0v) is 20.0. The second-order valence-electron chi connectivity index (χ2n) is 7.91. The summed E-state index contributed by atoms with van der Waals surface area (Å²) in [6.45, 7) is 11.8. The Morgan fingerprint density at radius 1 is 1.12 bits per heavy atom. The van der Waals surface area contributed by atoms with Gasteiger partial charge in [-0.2, -0.15) is 0 Å². The molecule has 2 heterocycles. The number of carbonyl (C=O) groups excluding carboxylic acids is 1. The average Bonchev–Trinajstić information content (AvgIpc) is 2.82. The Kier molecular flexibility index (Phi) is 8.95. The fourth-order valence-corrected chi connectivity index (χ4v) is 3.69. The van der Waals surface area contributed by atoms with Gasteiger partial charge in [-0.05, 0) is 46.3 Å². The number of pyridine rings is 1. The molecule has 0 saturated heterocycles. The maximum Gasteiger partial charge on any atom is 0.412 e. The van der Waals surface area contributed by atoms with E-state index in [1.807, 2.05) is 30.3 Å². The van der Waals surface area contributed by atoms with Crippen LogP contribution in [0.4, 0.5) is 16.3 Å². The molecule has 0 bridgehead atoms. The fourth-order valence-electron chi connectivity index (χ4n) is 3.69. The highest BCUT2D eigenvalue weighted by atomic mass is 16.5. The number of carbonyl (C=O) groups is 1. The van der Waals surface area contributed by atoms with Crippen molar-refractivity contribution in [1.29, 1.82) is 0 Å². The van der Waals surface area contributed by atoms with Gasteiger partial charge in [0.1, 0.15) is 11.3 Å². The molecule has 1 amide bonds. The predicted octanol–water partition coefficient (Wildman–Crippen LogP) is 5.18. The van der Waals surface area contributed by atoms with Crippen LogP contribution in [0.3, 0.4) is 0 Å². The maximum atomic E-state index is 12.0. The summed E-state index contributed by atoms with van der Waals surface area (Å²) in [7, 11) is 0. The van der Waals surface area contributed by atoms with E-state index in [1.165, 1.54) is 0 Å². The Morgan fingerprint density at radius 2 is 1.88 bits per heavy atom. The molecule has 8 nitrogen and oxygen atoms in total. The Hall–Kier alpha value is -3.26. The standard InChI is InChI=1S/C25H34N6O2/c1-5-31(6-2)15-11-12-18(4)27-20-16-22(30-25(32)33-7-3)29-24-23(20)26-17-21(28-24)19-13-9-8-10-14-19/h8-10,13-14,16-18H,5-7,11-12,15H2,1-4H3,(H2,27,28,29,30,32)/t18-/m1/s1. The number of fused-ring (bicyclic) bond motifs is 1. The van der Waals surface area contributed by atoms with Crippen LogP contribution in [0.15, 0.2) is 42.6 Å². The van der Waals surface area contributed by atoms with Crippen LogP contribution >= 0.6 is 0 Å². The first-order valence-electron chi connectivity index (χ1n) is 11.7. The van der Waals surface area contributed by atoms with Crippen LogP contribution in [0.1, 0.15) is 40.5 Å². The SMILES string of the molecule is CCOC(=O)Nc1cc(N[C@H](C)CCCN(CC)CC)c2ncc(-c3ccccc3)nc2n1. The van der Waals surface area contributed by atoms with Crippen LogP contribution in [0.25, 0.3) is 22.4 Å². The van der Waals surface area contributed by atoms with Crippen molar-refractivity contribution in [3.63, 3.8) is 0 Å². The third kappa shape index (κ3) is 6.86. The minimum atomic E-state index is -0.547. The van der Waals surface area contributed by atoms with Gasteiger partial charge in [0, 0.05) is 17.7 Å². The molecule has 176 valence electrons. The summed E-state index contributed by atoms with van der Waals surface area (Å²) in [5, 5.41) is 6.24. The van der Waals surface area contributed by atoms with E-state index in [1.54, 1.807) is 19.2 Å². The number of anilines is 2. The van der Waals surface area contributed by atoms with Crippen LogP contribution in [0.2, 0.25) is 0 Å². The molecule has 0 aliphatic heterocycles. The lowest BCUT2D eigenvalue weighted by atomic mass is 10.1. The normalized spacial score (nSPS) is 12.0. The molecule has 1 aromatic carbocycles. The van der Waals surface area contributed by atoms with Gasteiger partial charge < -0.3 is 15.0 Å². The Balaban J connectivity index is 1.86. The molecule has 3 rings (SSSR count). The summed E-state index contributed by atoms with van der Waals surface area (Å²) in [5.74, 6) is 0.373. The minimum Gasteiger partial charge on any atom is -0.450 e. The van der Waals surface area contributed by atoms with E-state index in [9.17, 15) is 4.79 Å². The highest BCUT2D eigenvalue weighted by Crippen LogP contribution is 2.26. The minimum absolute atomic E-state index is 0.220. The number of hydrogen-bond donors (Lipinski definition) is 2. The quantitative estimate of drug-likeness (QED) is 0.416. The van der Waals surface area contributed by atoms with Gasteiger partial charge in [-0.25, -0.2) is 19.7 Å². The van der Waals surface area contributed by atoms with E-state index in [4.69, 9.17) is 9.72 Å². The molecular formula is C25H34N6O2. The number of amides is 1. The molecule has 0 spiro atoms. The van der Waals surface area contributed by atoms with Crippen molar-refractivity contribution in [3.05, 3.63) is 42.6 Å². The highest BCUT2D eigenvalue weighted by Gasteiger charge is 2.14. The van der Waals surface area contributed by atoms with E-state index >= 15 is 0 Å². The third-order valence-corrected chi connectivity index (χ3v) is 5.50. The lowest BCUT2D eigenvalue weighted by molar-refractivity contribution is 0.168. The molecule has 33 heavy (non-hydrogen) atoms. The third-order valence-electron chi connectivity index (χ3n) is 5.50. The highest BCUT2D eigenvalue weighted by molar-refractivity contribution is 5.92. The Bertz CT molecular complexity index is 1040.